The lowest BCUT2D eigenvalue weighted by Gasteiger charge is -2.18. The van der Waals surface area contributed by atoms with Gasteiger partial charge >= 0.3 is 5.97 Å². The number of carboxylic acids is 1. The van der Waals surface area contributed by atoms with Crippen LogP contribution >= 0.6 is 0 Å². The van der Waals surface area contributed by atoms with Gasteiger partial charge in [0, 0.05) is 37.5 Å². The number of rotatable bonds is 13. The van der Waals surface area contributed by atoms with Crippen LogP contribution in [0.4, 0.5) is 4.39 Å². The van der Waals surface area contributed by atoms with Gasteiger partial charge in [-0.15, -0.1) is 0 Å². The molecule has 0 bridgehead atoms. The molecular formula is C24H33FO5. The van der Waals surface area contributed by atoms with Crippen molar-refractivity contribution in [3.63, 3.8) is 0 Å². The van der Waals surface area contributed by atoms with Crippen molar-refractivity contribution in [3.05, 3.63) is 47.5 Å². The molecule has 1 fully saturated rings. The van der Waals surface area contributed by atoms with E-state index in [2.05, 4.69) is 0 Å². The molecule has 2 rings (SSSR count). The molecule has 0 heterocycles. The van der Waals surface area contributed by atoms with Crippen molar-refractivity contribution in [1.29, 1.82) is 0 Å². The minimum Gasteiger partial charge on any atom is -0.481 e. The highest BCUT2D eigenvalue weighted by atomic mass is 19.1. The highest BCUT2D eigenvalue weighted by Gasteiger charge is 2.39. The molecule has 1 aromatic carbocycles. The maximum Gasteiger partial charge on any atom is 0.303 e. The number of aliphatic hydroxyl groups is 2. The Labute approximate surface area is 177 Å². The largest absolute Gasteiger partial charge is 0.481 e. The van der Waals surface area contributed by atoms with Gasteiger partial charge in [-0.1, -0.05) is 55.7 Å². The summed E-state index contributed by atoms with van der Waals surface area (Å²) < 4.78 is 12.5. The zero-order valence-electron chi connectivity index (χ0n) is 17.4. The SMILES string of the molecule is O=C(O)CCCCCC[C@H]1C(=O)C[C@@H](O)[C@@H]1/C=C/[C@H](O)Cc1cccc(CCF)c1. The van der Waals surface area contributed by atoms with Crippen molar-refractivity contribution < 1.29 is 29.3 Å². The Morgan fingerprint density at radius 3 is 2.67 bits per heavy atom. The van der Waals surface area contributed by atoms with E-state index in [0.717, 1.165) is 30.4 Å². The summed E-state index contributed by atoms with van der Waals surface area (Å²) in [4.78, 5) is 22.8. The third-order valence-corrected chi connectivity index (χ3v) is 5.76. The maximum absolute atomic E-state index is 12.5. The maximum atomic E-state index is 12.5. The summed E-state index contributed by atoms with van der Waals surface area (Å²) in [6, 6.07) is 7.48. The second-order valence-corrected chi connectivity index (χ2v) is 8.18. The fourth-order valence-corrected chi connectivity index (χ4v) is 4.17. The Hall–Kier alpha value is -2.05. The van der Waals surface area contributed by atoms with E-state index in [9.17, 15) is 24.2 Å². The molecule has 0 radical (unpaired) electrons. The summed E-state index contributed by atoms with van der Waals surface area (Å²) in [7, 11) is 0. The lowest BCUT2D eigenvalue weighted by molar-refractivity contribution is -0.137. The van der Waals surface area contributed by atoms with Gasteiger partial charge in [0.15, 0.2) is 0 Å². The average Bonchev–Trinajstić information content (AvgIpc) is 2.95. The minimum atomic E-state index is -0.790. The van der Waals surface area contributed by atoms with Gasteiger partial charge in [0.25, 0.3) is 0 Å². The summed E-state index contributed by atoms with van der Waals surface area (Å²) in [6.07, 6.45) is 6.79. The molecule has 0 amide bonds. The number of unbranched alkanes of at least 4 members (excludes halogenated alkanes) is 3. The third-order valence-electron chi connectivity index (χ3n) is 5.76. The number of carboxylic acid groups (broad SMARTS) is 1. The lowest BCUT2D eigenvalue weighted by atomic mass is 9.88. The first kappa shape index (κ1) is 24.2. The van der Waals surface area contributed by atoms with E-state index in [-0.39, 0.29) is 30.5 Å². The number of aryl methyl sites for hydroxylation is 1. The number of benzene rings is 1. The smallest absolute Gasteiger partial charge is 0.303 e. The van der Waals surface area contributed by atoms with Crippen molar-refractivity contribution in [2.24, 2.45) is 11.8 Å². The predicted octanol–water partition coefficient (Wildman–Crippen LogP) is 3.65. The monoisotopic (exact) mass is 420 g/mol. The molecule has 0 spiro atoms. The number of hydrogen-bond acceptors (Lipinski definition) is 4. The second-order valence-electron chi connectivity index (χ2n) is 8.18. The summed E-state index contributed by atoms with van der Waals surface area (Å²) >= 11 is 0. The van der Waals surface area contributed by atoms with Gasteiger partial charge in [-0.25, -0.2) is 0 Å². The van der Waals surface area contributed by atoms with E-state index in [4.69, 9.17) is 5.11 Å². The molecule has 1 aliphatic rings. The van der Waals surface area contributed by atoms with E-state index < -0.39 is 24.9 Å². The molecule has 6 heteroatoms. The van der Waals surface area contributed by atoms with Crippen molar-refractivity contribution in [3.8, 4) is 0 Å². The van der Waals surface area contributed by atoms with Gasteiger partial charge in [0.05, 0.1) is 18.9 Å². The molecule has 0 aromatic heterocycles. The zero-order chi connectivity index (χ0) is 21.9. The van der Waals surface area contributed by atoms with Crippen molar-refractivity contribution in [1.82, 2.24) is 0 Å². The molecule has 4 atom stereocenters. The number of aliphatic hydroxyl groups excluding tert-OH is 2. The normalized spacial score (nSPS) is 22.6. The molecule has 3 N–H and O–H groups in total. The van der Waals surface area contributed by atoms with Crippen molar-refractivity contribution in [2.75, 3.05) is 6.67 Å². The first-order valence-electron chi connectivity index (χ1n) is 10.8. The molecule has 0 aliphatic heterocycles. The Morgan fingerprint density at radius 1 is 1.20 bits per heavy atom. The van der Waals surface area contributed by atoms with E-state index >= 15 is 0 Å². The number of alkyl halides is 1. The van der Waals surface area contributed by atoms with E-state index in [0.29, 0.717) is 25.7 Å². The molecule has 0 saturated heterocycles. The van der Waals surface area contributed by atoms with E-state index in [1.807, 2.05) is 24.3 Å². The number of Topliss-reactive ketones (excluding diaryl/α,β-unsaturated/α-hetero) is 1. The highest BCUT2D eigenvalue weighted by Crippen LogP contribution is 2.34. The third kappa shape index (κ3) is 8.00. The van der Waals surface area contributed by atoms with Crippen LogP contribution in [-0.2, 0) is 22.4 Å². The van der Waals surface area contributed by atoms with Crippen LogP contribution in [0.3, 0.4) is 0 Å². The first-order chi connectivity index (χ1) is 14.4. The molecule has 1 aliphatic carbocycles. The number of halogens is 1. The molecular weight excluding hydrogens is 387 g/mol. The Kier molecular flexibility index (Phi) is 10.2. The fourth-order valence-electron chi connectivity index (χ4n) is 4.17. The van der Waals surface area contributed by atoms with E-state index in [1.165, 1.54) is 0 Å². The fraction of sp³-hybridized carbons (Fsp3) is 0.583. The quantitative estimate of drug-likeness (QED) is 0.334. The van der Waals surface area contributed by atoms with Crippen LogP contribution in [0.25, 0.3) is 0 Å². The molecule has 0 unspecified atom stereocenters. The van der Waals surface area contributed by atoms with E-state index in [1.54, 1.807) is 12.2 Å². The first-order valence-corrected chi connectivity index (χ1v) is 10.8. The summed E-state index contributed by atoms with van der Waals surface area (Å²) in [5.41, 5.74) is 1.81. The molecule has 1 saturated carbocycles. The zero-order valence-corrected chi connectivity index (χ0v) is 17.4. The van der Waals surface area contributed by atoms with Crippen LogP contribution in [-0.4, -0.2) is 46.0 Å². The summed E-state index contributed by atoms with van der Waals surface area (Å²) in [6.45, 7) is -0.416. The number of carbonyl (C=O) groups excluding carboxylic acids is 1. The van der Waals surface area contributed by atoms with Gasteiger partial charge in [-0.05, 0) is 24.0 Å². The standard InChI is InChI=1S/C24H33FO5/c25-13-12-17-6-5-7-18(14-17)15-19(26)10-11-21-20(22(27)16-23(21)28)8-3-1-2-4-9-24(29)30/h5-7,10-11,14,19-21,23,26,28H,1-4,8-9,12-13,15-16H2,(H,29,30)/b11-10+/t19-,20+,21+,23+/m0/s1. The Morgan fingerprint density at radius 2 is 1.93 bits per heavy atom. The number of hydrogen-bond donors (Lipinski definition) is 3. The molecule has 30 heavy (non-hydrogen) atoms. The number of ketones is 1. The van der Waals surface area contributed by atoms with Gasteiger partial charge in [0.1, 0.15) is 5.78 Å². The van der Waals surface area contributed by atoms with Gasteiger partial charge in [0.2, 0.25) is 0 Å². The summed E-state index contributed by atoms with van der Waals surface area (Å²) in [5, 5.41) is 29.3. The second kappa shape index (κ2) is 12.6. The number of carbonyl (C=O) groups is 2. The van der Waals surface area contributed by atoms with Crippen molar-refractivity contribution in [2.45, 2.75) is 70.0 Å². The van der Waals surface area contributed by atoms with Crippen LogP contribution in [0.5, 0.6) is 0 Å². The van der Waals surface area contributed by atoms with Crippen LogP contribution < -0.4 is 0 Å². The summed E-state index contributed by atoms with van der Waals surface area (Å²) in [5.74, 6) is -1.29. The van der Waals surface area contributed by atoms with Crippen LogP contribution in [0, 0.1) is 11.8 Å². The van der Waals surface area contributed by atoms with Gasteiger partial charge in [-0.2, -0.15) is 0 Å². The minimum absolute atomic E-state index is 0.0519. The predicted molar refractivity (Wildman–Crippen MR) is 113 cm³/mol. The average molecular weight is 421 g/mol. The van der Waals surface area contributed by atoms with Gasteiger partial charge < -0.3 is 15.3 Å². The Bertz CT molecular complexity index is 717. The van der Waals surface area contributed by atoms with Crippen LogP contribution in [0.1, 0.15) is 56.1 Å². The molecule has 166 valence electrons. The molecule has 5 nitrogen and oxygen atoms in total. The van der Waals surface area contributed by atoms with Crippen molar-refractivity contribution >= 4 is 11.8 Å². The van der Waals surface area contributed by atoms with Gasteiger partial charge in [-0.3, -0.25) is 14.0 Å². The lowest BCUT2D eigenvalue weighted by Crippen LogP contribution is -2.19. The topological polar surface area (TPSA) is 94.8 Å². The van der Waals surface area contributed by atoms with Crippen LogP contribution in [0.15, 0.2) is 36.4 Å². The number of aliphatic carboxylic acids is 1. The highest BCUT2D eigenvalue weighted by molar-refractivity contribution is 5.84. The Balaban J connectivity index is 1.85. The molecule has 1 aromatic rings. The van der Waals surface area contributed by atoms with Crippen LogP contribution in [0.2, 0.25) is 0 Å².